The summed E-state index contributed by atoms with van der Waals surface area (Å²) >= 11 is 0. The fraction of sp³-hybridized carbons (Fsp3) is 0.440. The number of allylic oxidation sites excluding steroid dienone is 3. The van der Waals surface area contributed by atoms with E-state index in [1.165, 1.54) is 6.08 Å². The molecular formula is C25H25NO5. The molecule has 2 saturated carbocycles. The molecule has 6 nitrogen and oxygen atoms in total. The third-order valence-corrected chi connectivity index (χ3v) is 8.08. The van der Waals surface area contributed by atoms with E-state index in [1.54, 1.807) is 12.1 Å². The van der Waals surface area contributed by atoms with Gasteiger partial charge >= 0.3 is 5.97 Å². The van der Waals surface area contributed by atoms with Gasteiger partial charge in [-0.15, -0.1) is 6.58 Å². The first-order chi connectivity index (χ1) is 14.8. The van der Waals surface area contributed by atoms with Crippen molar-refractivity contribution in [3.8, 4) is 11.5 Å². The van der Waals surface area contributed by atoms with Gasteiger partial charge in [0.2, 0.25) is 0 Å². The van der Waals surface area contributed by atoms with Crippen LogP contribution in [0.5, 0.6) is 11.5 Å². The molecule has 6 heteroatoms. The second-order valence-electron chi connectivity index (χ2n) is 9.70. The Morgan fingerprint density at radius 3 is 2.97 bits per heavy atom. The lowest BCUT2D eigenvalue weighted by Gasteiger charge is -2.86. The highest BCUT2D eigenvalue weighted by Gasteiger charge is 2.94. The summed E-state index contributed by atoms with van der Waals surface area (Å²) in [5.41, 5.74) is 0.742. The molecule has 1 aromatic carbocycles. The largest absolute Gasteiger partial charge is 0.477 e. The van der Waals surface area contributed by atoms with Crippen LogP contribution in [0.1, 0.15) is 37.8 Å². The zero-order valence-corrected chi connectivity index (χ0v) is 17.7. The SMILES string of the molecule is C=CCN1[C@@H]2Cc3ccc(OC(=O)/C=C/C=C(C)C)c4c3[C@@]35CC1(CC(=O)[C@@H]3O4)[C@@]25O. The van der Waals surface area contributed by atoms with Crippen molar-refractivity contribution < 1.29 is 24.2 Å². The Morgan fingerprint density at radius 1 is 1.42 bits per heavy atom. The van der Waals surface area contributed by atoms with Crippen LogP contribution in [0.4, 0.5) is 0 Å². The van der Waals surface area contributed by atoms with Gasteiger partial charge < -0.3 is 14.6 Å². The van der Waals surface area contributed by atoms with E-state index in [1.807, 2.05) is 32.1 Å². The number of ketones is 1. The number of carbonyl (C=O) groups is 2. The number of rotatable bonds is 5. The maximum atomic E-state index is 13.1. The molecule has 31 heavy (non-hydrogen) atoms. The van der Waals surface area contributed by atoms with Crippen molar-refractivity contribution >= 4 is 11.8 Å². The fourth-order valence-electron chi connectivity index (χ4n) is 7.20. The maximum Gasteiger partial charge on any atom is 0.336 e. The van der Waals surface area contributed by atoms with Gasteiger partial charge in [0.1, 0.15) is 5.60 Å². The molecule has 6 rings (SSSR count). The van der Waals surface area contributed by atoms with Gasteiger partial charge in [-0.05, 0) is 38.3 Å². The molecule has 5 atom stereocenters. The summed E-state index contributed by atoms with van der Waals surface area (Å²) in [5, 5.41) is 12.0. The maximum absolute atomic E-state index is 13.1. The molecule has 0 aromatic heterocycles. The van der Waals surface area contributed by atoms with Crippen LogP contribution in [0, 0.1) is 0 Å². The summed E-state index contributed by atoms with van der Waals surface area (Å²) in [4.78, 5) is 27.7. The predicted molar refractivity (Wildman–Crippen MR) is 113 cm³/mol. The summed E-state index contributed by atoms with van der Waals surface area (Å²) in [6.07, 6.45) is 7.59. The predicted octanol–water partition coefficient (Wildman–Crippen LogP) is 2.39. The van der Waals surface area contributed by atoms with Gasteiger partial charge in [0.25, 0.3) is 0 Å². The van der Waals surface area contributed by atoms with Gasteiger partial charge in [0.15, 0.2) is 23.4 Å². The van der Waals surface area contributed by atoms with Crippen molar-refractivity contribution in [1.29, 1.82) is 0 Å². The van der Waals surface area contributed by atoms with Gasteiger partial charge in [-0.3, -0.25) is 9.69 Å². The minimum Gasteiger partial charge on any atom is -0.477 e. The Balaban J connectivity index is 1.43. The molecule has 5 aliphatic rings. The summed E-state index contributed by atoms with van der Waals surface area (Å²) < 4.78 is 11.8. The van der Waals surface area contributed by atoms with Crippen LogP contribution in [0.25, 0.3) is 0 Å². The van der Waals surface area contributed by atoms with E-state index in [0.717, 1.165) is 16.7 Å². The van der Waals surface area contributed by atoms with Crippen molar-refractivity contribution in [2.45, 2.75) is 61.8 Å². The Morgan fingerprint density at radius 2 is 2.23 bits per heavy atom. The number of benzene rings is 1. The lowest BCUT2D eigenvalue weighted by Crippen LogP contribution is -3.02. The number of piperidine rings is 1. The Bertz CT molecular complexity index is 1130. The molecule has 2 aliphatic heterocycles. The molecule has 0 radical (unpaired) electrons. The molecule has 1 unspecified atom stereocenters. The van der Waals surface area contributed by atoms with E-state index >= 15 is 0 Å². The summed E-state index contributed by atoms with van der Waals surface area (Å²) in [6.45, 7) is 8.40. The molecule has 0 amide bonds. The first-order valence-corrected chi connectivity index (χ1v) is 10.8. The Labute approximate surface area is 180 Å². The zero-order valence-electron chi connectivity index (χ0n) is 17.7. The van der Waals surface area contributed by atoms with Crippen LogP contribution < -0.4 is 9.47 Å². The number of carbonyl (C=O) groups excluding carboxylic acids is 2. The van der Waals surface area contributed by atoms with Crippen molar-refractivity contribution in [3.05, 3.63) is 59.7 Å². The van der Waals surface area contributed by atoms with Crippen molar-refractivity contribution in [1.82, 2.24) is 4.90 Å². The lowest BCUT2D eigenvalue weighted by molar-refractivity contribution is -0.382. The minimum atomic E-state index is -0.994. The van der Waals surface area contributed by atoms with Crippen LogP contribution in [-0.4, -0.2) is 51.6 Å². The number of likely N-dealkylation sites (tertiary alicyclic amines) is 1. The van der Waals surface area contributed by atoms with E-state index in [4.69, 9.17) is 9.47 Å². The average Bonchev–Trinajstić information content (AvgIpc) is 3.09. The smallest absolute Gasteiger partial charge is 0.336 e. The molecule has 1 aromatic rings. The molecule has 1 saturated heterocycles. The lowest BCUT2D eigenvalue weighted by atomic mass is 9.29. The number of ether oxygens (including phenoxy) is 2. The minimum absolute atomic E-state index is 0.00761. The van der Waals surface area contributed by atoms with E-state index < -0.39 is 28.6 Å². The molecule has 2 heterocycles. The van der Waals surface area contributed by atoms with Gasteiger partial charge in [0.05, 0.1) is 11.0 Å². The van der Waals surface area contributed by atoms with Crippen LogP contribution >= 0.6 is 0 Å². The molecule has 1 N–H and O–H groups in total. The number of aliphatic hydroxyl groups is 1. The second kappa shape index (κ2) is 5.75. The van der Waals surface area contributed by atoms with Crippen LogP contribution in [-0.2, 0) is 21.4 Å². The van der Waals surface area contributed by atoms with Gasteiger partial charge in [-0.25, -0.2) is 4.79 Å². The normalized spacial score (nSPS) is 38.0. The topological polar surface area (TPSA) is 76.1 Å². The van der Waals surface area contributed by atoms with Crippen molar-refractivity contribution in [3.63, 3.8) is 0 Å². The molecule has 3 fully saturated rings. The van der Waals surface area contributed by atoms with Crippen molar-refractivity contribution in [2.24, 2.45) is 0 Å². The fourth-order valence-corrected chi connectivity index (χ4v) is 7.20. The summed E-state index contributed by atoms with van der Waals surface area (Å²) in [5.74, 6) is 0.258. The number of Topliss-reactive ketones (excluding diaryl/α,β-unsaturated/α-hetero) is 1. The number of esters is 1. The van der Waals surface area contributed by atoms with Crippen LogP contribution in [0.2, 0.25) is 0 Å². The number of nitrogens with zero attached hydrogens (tertiary/aromatic N) is 1. The quantitative estimate of drug-likeness (QED) is 0.260. The second-order valence-corrected chi connectivity index (χ2v) is 9.70. The first kappa shape index (κ1) is 19.0. The Hall–Kier alpha value is -2.70. The first-order valence-electron chi connectivity index (χ1n) is 10.8. The van der Waals surface area contributed by atoms with Crippen LogP contribution in [0.3, 0.4) is 0 Å². The van der Waals surface area contributed by atoms with Gasteiger partial charge in [0, 0.05) is 30.6 Å². The highest BCUT2D eigenvalue weighted by Crippen LogP contribution is 2.80. The zero-order chi connectivity index (χ0) is 21.8. The van der Waals surface area contributed by atoms with E-state index in [-0.39, 0.29) is 18.2 Å². The summed E-state index contributed by atoms with van der Waals surface area (Å²) in [6, 6.07) is 3.63. The molecule has 160 valence electrons. The standard InChI is InChI=1S/C25H25NO5/c1-4-10-26-18-11-15-8-9-17(30-19(28)7-5-6-14(2)3)21-20(15)24-13-23(26,25(18,24)29)12-16(27)22(24)31-21/h4-9,18,22,29H,1,10-13H2,2-3H3/b7-5+/t18-,22+,23?,24+,25+/m1/s1. The molecule has 2 bridgehead atoms. The number of hydrogen-bond donors (Lipinski definition) is 1. The third kappa shape index (κ3) is 1.88. The highest BCUT2D eigenvalue weighted by molar-refractivity contribution is 5.95. The number of hydrogen-bond acceptors (Lipinski definition) is 6. The van der Waals surface area contributed by atoms with Crippen LogP contribution in [0.15, 0.2) is 48.6 Å². The van der Waals surface area contributed by atoms with E-state index in [2.05, 4.69) is 11.5 Å². The van der Waals surface area contributed by atoms with E-state index in [9.17, 15) is 14.7 Å². The van der Waals surface area contributed by atoms with Gasteiger partial charge in [-0.2, -0.15) is 0 Å². The highest BCUT2D eigenvalue weighted by atomic mass is 16.6. The Kier molecular flexibility index (Phi) is 3.53. The third-order valence-electron chi connectivity index (χ3n) is 8.08. The average molecular weight is 419 g/mol. The molecule has 3 aliphatic carbocycles. The summed E-state index contributed by atoms with van der Waals surface area (Å²) in [7, 11) is 0. The molecular weight excluding hydrogens is 394 g/mol. The van der Waals surface area contributed by atoms with Gasteiger partial charge in [-0.1, -0.05) is 29.9 Å². The monoisotopic (exact) mass is 419 g/mol. The van der Waals surface area contributed by atoms with Crippen molar-refractivity contribution in [2.75, 3.05) is 6.54 Å². The molecule has 2 spiro atoms. The van der Waals surface area contributed by atoms with E-state index in [0.29, 0.717) is 30.9 Å².